The molecule has 0 radical (unpaired) electrons. The molecule has 2 aromatic carbocycles. The van der Waals surface area contributed by atoms with E-state index in [2.05, 4.69) is 43.4 Å². The Balaban J connectivity index is 1.91. The van der Waals surface area contributed by atoms with Crippen molar-refractivity contribution in [3.63, 3.8) is 0 Å². The molecule has 2 N–H and O–H groups in total. The smallest absolute Gasteiger partial charge is 0.335 e. The van der Waals surface area contributed by atoms with Crippen LogP contribution in [0.1, 0.15) is 41.3 Å². The molecule has 3 heteroatoms. The third-order valence-electron chi connectivity index (χ3n) is 3.90. The molecule has 0 saturated carbocycles. The van der Waals surface area contributed by atoms with E-state index in [1.165, 1.54) is 5.56 Å². The van der Waals surface area contributed by atoms with Crippen LogP contribution in [-0.4, -0.2) is 17.1 Å². The van der Waals surface area contributed by atoms with Crippen LogP contribution in [-0.2, 0) is 6.54 Å². The van der Waals surface area contributed by atoms with Crippen LogP contribution >= 0.6 is 0 Å². The van der Waals surface area contributed by atoms with Gasteiger partial charge in [0.1, 0.15) is 0 Å². The van der Waals surface area contributed by atoms with Crippen LogP contribution in [0.25, 0.3) is 0 Å². The van der Waals surface area contributed by atoms with Crippen LogP contribution in [0.4, 0.5) is 0 Å². The van der Waals surface area contributed by atoms with Crippen molar-refractivity contribution in [3.8, 4) is 0 Å². The van der Waals surface area contributed by atoms with Crippen molar-refractivity contribution in [3.05, 3.63) is 71.3 Å². The van der Waals surface area contributed by atoms with Gasteiger partial charge in [-0.25, -0.2) is 4.79 Å². The summed E-state index contributed by atoms with van der Waals surface area (Å²) in [6.45, 7) is 5.11. The van der Waals surface area contributed by atoms with Gasteiger partial charge in [-0.1, -0.05) is 49.4 Å². The fourth-order valence-corrected chi connectivity index (χ4v) is 2.27. The number of benzene rings is 2. The maximum absolute atomic E-state index is 10.8. The van der Waals surface area contributed by atoms with Crippen molar-refractivity contribution in [2.45, 2.75) is 32.4 Å². The van der Waals surface area contributed by atoms with Crippen LogP contribution in [0.3, 0.4) is 0 Å². The van der Waals surface area contributed by atoms with Crippen LogP contribution < -0.4 is 5.32 Å². The fraction of sp³-hybridized carbons (Fsp3) is 0.278. The van der Waals surface area contributed by atoms with Gasteiger partial charge in [0.25, 0.3) is 0 Å². The quantitative estimate of drug-likeness (QED) is 0.850. The van der Waals surface area contributed by atoms with Gasteiger partial charge in [-0.2, -0.15) is 0 Å². The summed E-state index contributed by atoms with van der Waals surface area (Å²) in [5.41, 5.74) is 2.73. The Morgan fingerprint density at radius 1 is 1.05 bits per heavy atom. The zero-order valence-corrected chi connectivity index (χ0v) is 12.4. The van der Waals surface area contributed by atoms with E-state index >= 15 is 0 Å². The summed E-state index contributed by atoms with van der Waals surface area (Å²) in [7, 11) is 0. The van der Waals surface area contributed by atoms with Crippen molar-refractivity contribution in [1.82, 2.24) is 5.32 Å². The second kappa shape index (κ2) is 7.04. The molecular weight excluding hydrogens is 262 g/mol. The number of carboxylic acids is 1. The Bertz CT molecular complexity index is 578. The lowest BCUT2D eigenvalue weighted by atomic mass is 9.94. The molecule has 2 aromatic rings. The molecule has 0 aromatic heterocycles. The second-order valence-electron chi connectivity index (χ2n) is 5.37. The molecule has 0 saturated heterocycles. The maximum Gasteiger partial charge on any atom is 0.335 e. The average molecular weight is 283 g/mol. The third-order valence-corrected chi connectivity index (χ3v) is 3.90. The molecule has 0 aliphatic rings. The Morgan fingerprint density at radius 3 is 2.24 bits per heavy atom. The maximum atomic E-state index is 10.8. The van der Waals surface area contributed by atoms with Gasteiger partial charge >= 0.3 is 5.97 Å². The minimum Gasteiger partial charge on any atom is -0.478 e. The number of hydrogen-bond acceptors (Lipinski definition) is 2. The molecule has 0 amide bonds. The summed E-state index contributed by atoms with van der Waals surface area (Å²) < 4.78 is 0. The molecule has 0 bridgehead atoms. The zero-order valence-electron chi connectivity index (χ0n) is 12.4. The first-order chi connectivity index (χ1) is 10.1. The first-order valence-electron chi connectivity index (χ1n) is 7.18. The largest absolute Gasteiger partial charge is 0.478 e. The minimum atomic E-state index is -0.888. The van der Waals surface area contributed by atoms with Crippen LogP contribution in [0.2, 0.25) is 0 Å². The van der Waals surface area contributed by atoms with E-state index in [-0.39, 0.29) is 0 Å². The molecule has 3 nitrogen and oxygen atoms in total. The number of carbonyl (C=O) groups is 1. The Morgan fingerprint density at radius 2 is 1.67 bits per heavy atom. The SMILES string of the molecule is C[C@@H](NCc1ccc(C(=O)O)cc1)[C@@H](C)c1ccccc1. The van der Waals surface area contributed by atoms with Gasteiger partial charge in [0.15, 0.2) is 0 Å². The number of aromatic carboxylic acids is 1. The number of carboxylic acid groups (broad SMARTS) is 1. The molecule has 2 atom stereocenters. The first-order valence-corrected chi connectivity index (χ1v) is 7.18. The molecule has 0 spiro atoms. The summed E-state index contributed by atoms with van der Waals surface area (Å²) in [4.78, 5) is 10.8. The van der Waals surface area contributed by atoms with Crippen molar-refractivity contribution in [1.29, 1.82) is 0 Å². The lowest BCUT2D eigenvalue weighted by molar-refractivity contribution is 0.0697. The Hall–Kier alpha value is -2.13. The van der Waals surface area contributed by atoms with E-state index in [0.717, 1.165) is 12.1 Å². The highest BCUT2D eigenvalue weighted by molar-refractivity contribution is 5.87. The summed E-state index contributed by atoms with van der Waals surface area (Å²) in [5, 5.41) is 12.4. The topological polar surface area (TPSA) is 49.3 Å². The fourth-order valence-electron chi connectivity index (χ4n) is 2.27. The first kappa shape index (κ1) is 15.3. The monoisotopic (exact) mass is 283 g/mol. The summed E-state index contributed by atoms with van der Waals surface area (Å²) in [5.74, 6) is -0.468. The lowest BCUT2D eigenvalue weighted by Crippen LogP contribution is -2.30. The minimum absolute atomic E-state index is 0.324. The molecule has 0 aliphatic carbocycles. The van der Waals surface area contributed by atoms with E-state index in [1.807, 2.05) is 18.2 Å². The van der Waals surface area contributed by atoms with Crippen molar-refractivity contribution < 1.29 is 9.90 Å². The van der Waals surface area contributed by atoms with Gasteiger partial charge in [-0.05, 0) is 36.1 Å². The predicted octanol–water partition coefficient (Wildman–Crippen LogP) is 3.67. The molecule has 21 heavy (non-hydrogen) atoms. The van der Waals surface area contributed by atoms with E-state index in [0.29, 0.717) is 17.5 Å². The molecular formula is C18H21NO2. The molecule has 0 fully saturated rings. The van der Waals surface area contributed by atoms with Crippen molar-refractivity contribution in [2.75, 3.05) is 0 Å². The Labute approximate surface area is 125 Å². The van der Waals surface area contributed by atoms with Crippen molar-refractivity contribution in [2.24, 2.45) is 0 Å². The summed E-state index contributed by atoms with van der Waals surface area (Å²) in [6.07, 6.45) is 0. The second-order valence-corrected chi connectivity index (χ2v) is 5.37. The van der Waals surface area contributed by atoms with Crippen LogP contribution in [0.15, 0.2) is 54.6 Å². The van der Waals surface area contributed by atoms with E-state index in [9.17, 15) is 4.79 Å². The van der Waals surface area contributed by atoms with Crippen LogP contribution in [0.5, 0.6) is 0 Å². The normalized spacial score (nSPS) is 13.6. The number of rotatable bonds is 6. The molecule has 0 aliphatic heterocycles. The van der Waals surface area contributed by atoms with Gasteiger partial charge in [-0.15, -0.1) is 0 Å². The molecule has 0 heterocycles. The molecule has 2 rings (SSSR count). The van der Waals surface area contributed by atoms with Gasteiger partial charge < -0.3 is 10.4 Å². The number of nitrogens with one attached hydrogen (secondary N) is 1. The van der Waals surface area contributed by atoms with E-state index in [1.54, 1.807) is 12.1 Å². The van der Waals surface area contributed by atoms with Gasteiger partial charge in [0.2, 0.25) is 0 Å². The highest BCUT2D eigenvalue weighted by Crippen LogP contribution is 2.18. The van der Waals surface area contributed by atoms with E-state index < -0.39 is 5.97 Å². The van der Waals surface area contributed by atoms with E-state index in [4.69, 9.17) is 5.11 Å². The number of hydrogen-bond donors (Lipinski definition) is 2. The highest BCUT2D eigenvalue weighted by Gasteiger charge is 2.13. The molecule has 0 unspecified atom stereocenters. The lowest BCUT2D eigenvalue weighted by Gasteiger charge is -2.22. The van der Waals surface area contributed by atoms with Gasteiger partial charge in [0.05, 0.1) is 5.56 Å². The zero-order chi connectivity index (χ0) is 15.2. The predicted molar refractivity (Wildman–Crippen MR) is 84.6 cm³/mol. The molecule has 110 valence electrons. The summed E-state index contributed by atoms with van der Waals surface area (Å²) in [6, 6.07) is 17.8. The van der Waals surface area contributed by atoms with Crippen LogP contribution in [0, 0.1) is 0 Å². The standard InChI is InChI=1S/C18H21NO2/c1-13(16-6-4-3-5-7-16)14(2)19-12-15-8-10-17(11-9-15)18(20)21/h3-11,13-14,19H,12H2,1-2H3,(H,20,21)/t13-,14-/m1/s1. The summed E-state index contributed by atoms with van der Waals surface area (Å²) >= 11 is 0. The average Bonchev–Trinajstić information content (AvgIpc) is 2.53. The highest BCUT2D eigenvalue weighted by atomic mass is 16.4. The van der Waals surface area contributed by atoms with Gasteiger partial charge in [-0.3, -0.25) is 0 Å². The van der Waals surface area contributed by atoms with Crippen molar-refractivity contribution >= 4 is 5.97 Å². The van der Waals surface area contributed by atoms with Gasteiger partial charge in [0, 0.05) is 12.6 Å². The third kappa shape index (κ3) is 4.17. The Kier molecular flexibility index (Phi) is 5.12.